The second-order valence-corrected chi connectivity index (χ2v) is 4.11. The molecular weight excluding hydrogens is 200 g/mol. The predicted octanol–water partition coefficient (Wildman–Crippen LogP) is 2.38. The molecule has 0 radical (unpaired) electrons. The maximum atomic E-state index is 5.79. The summed E-state index contributed by atoms with van der Waals surface area (Å²) in [5.74, 6) is 0.780. The van der Waals surface area contributed by atoms with E-state index in [-0.39, 0.29) is 0 Å². The molecule has 90 valence electrons. The smallest absolute Gasteiger partial charge is 0.142 e. The van der Waals surface area contributed by atoms with Gasteiger partial charge in [-0.05, 0) is 32.5 Å². The molecule has 1 aromatic carbocycles. The highest BCUT2D eigenvalue weighted by atomic mass is 16.5. The number of rotatable bonds is 6. The fourth-order valence-corrected chi connectivity index (χ4v) is 1.67. The van der Waals surface area contributed by atoms with Gasteiger partial charge in [-0.3, -0.25) is 4.90 Å². The second-order valence-electron chi connectivity index (χ2n) is 4.11. The Morgan fingerprint density at radius 3 is 2.56 bits per heavy atom. The molecule has 0 atom stereocenters. The Kier molecular flexibility index (Phi) is 5.12. The molecule has 0 saturated heterocycles. The molecule has 0 aromatic heterocycles. The molecule has 0 spiro atoms. The fraction of sp³-hybridized carbons (Fsp3) is 0.538. The average Bonchev–Trinajstić information content (AvgIpc) is 2.26. The standard InChI is InChI=1S/C13H22N2O/c1-4-15(11(2)3)9-10-16-13-8-6-5-7-12(13)14/h5-8,11H,4,9-10,14H2,1-3H3. The number of anilines is 1. The second kappa shape index (κ2) is 6.38. The van der Waals surface area contributed by atoms with Gasteiger partial charge in [-0.1, -0.05) is 19.1 Å². The Balaban J connectivity index is 2.38. The van der Waals surface area contributed by atoms with E-state index in [0.29, 0.717) is 18.3 Å². The molecule has 0 heterocycles. The molecule has 0 bridgehead atoms. The number of nitrogens with zero attached hydrogens (tertiary/aromatic N) is 1. The largest absolute Gasteiger partial charge is 0.490 e. The molecular formula is C13H22N2O. The van der Waals surface area contributed by atoms with Gasteiger partial charge in [0, 0.05) is 12.6 Å². The first-order valence-corrected chi connectivity index (χ1v) is 5.86. The molecule has 1 rings (SSSR count). The highest BCUT2D eigenvalue weighted by Crippen LogP contribution is 2.19. The van der Waals surface area contributed by atoms with Crippen LogP contribution in [-0.4, -0.2) is 30.6 Å². The van der Waals surface area contributed by atoms with E-state index in [2.05, 4.69) is 25.7 Å². The molecule has 1 aromatic rings. The summed E-state index contributed by atoms with van der Waals surface area (Å²) < 4.78 is 5.65. The van der Waals surface area contributed by atoms with Gasteiger partial charge in [-0.15, -0.1) is 0 Å². The molecule has 3 heteroatoms. The Morgan fingerprint density at radius 2 is 2.00 bits per heavy atom. The van der Waals surface area contributed by atoms with E-state index in [1.807, 2.05) is 24.3 Å². The van der Waals surface area contributed by atoms with Crippen LogP contribution < -0.4 is 10.5 Å². The number of nitrogen functional groups attached to an aromatic ring is 1. The minimum Gasteiger partial charge on any atom is -0.490 e. The zero-order chi connectivity index (χ0) is 12.0. The number of benzene rings is 1. The third kappa shape index (κ3) is 3.74. The van der Waals surface area contributed by atoms with Crippen LogP contribution in [0, 0.1) is 0 Å². The minimum absolute atomic E-state index is 0.557. The van der Waals surface area contributed by atoms with Crippen LogP contribution >= 0.6 is 0 Å². The average molecular weight is 222 g/mol. The Bertz CT molecular complexity index is 313. The lowest BCUT2D eigenvalue weighted by atomic mass is 10.3. The summed E-state index contributed by atoms with van der Waals surface area (Å²) in [5.41, 5.74) is 6.49. The van der Waals surface area contributed by atoms with E-state index < -0.39 is 0 Å². The summed E-state index contributed by atoms with van der Waals surface area (Å²) in [6, 6.07) is 8.17. The van der Waals surface area contributed by atoms with Gasteiger partial charge in [0.15, 0.2) is 0 Å². The summed E-state index contributed by atoms with van der Waals surface area (Å²) in [4.78, 5) is 2.36. The SMILES string of the molecule is CCN(CCOc1ccccc1N)C(C)C. The summed E-state index contributed by atoms with van der Waals surface area (Å²) in [7, 11) is 0. The van der Waals surface area contributed by atoms with E-state index in [4.69, 9.17) is 10.5 Å². The van der Waals surface area contributed by atoms with Crippen LogP contribution in [0.5, 0.6) is 5.75 Å². The van der Waals surface area contributed by atoms with Crippen LogP contribution in [-0.2, 0) is 0 Å². The van der Waals surface area contributed by atoms with E-state index >= 15 is 0 Å². The van der Waals surface area contributed by atoms with E-state index in [1.54, 1.807) is 0 Å². The highest BCUT2D eigenvalue weighted by Gasteiger charge is 2.06. The number of hydrogen-bond acceptors (Lipinski definition) is 3. The van der Waals surface area contributed by atoms with Crippen LogP contribution in [0.25, 0.3) is 0 Å². The van der Waals surface area contributed by atoms with Gasteiger partial charge in [0.1, 0.15) is 12.4 Å². The third-order valence-electron chi connectivity index (χ3n) is 2.69. The van der Waals surface area contributed by atoms with Crippen molar-refractivity contribution in [3.05, 3.63) is 24.3 Å². The van der Waals surface area contributed by atoms with Crippen molar-refractivity contribution >= 4 is 5.69 Å². The van der Waals surface area contributed by atoms with Gasteiger partial charge in [0.2, 0.25) is 0 Å². The lowest BCUT2D eigenvalue weighted by Gasteiger charge is -2.24. The van der Waals surface area contributed by atoms with Crippen molar-refractivity contribution < 1.29 is 4.74 Å². The van der Waals surface area contributed by atoms with Crippen molar-refractivity contribution in [1.82, 2.24) is 4.90 Å². The van der Waals surface area contributed by atoms with Crippen LogP contribution in [0.2, 0.25) is 0 Å². The van der Waals surface area contributed by atoms with Gasteiger partial charge in [0.25, 0.3) is 0 Å². The highest BCUT2D eigenvalue weighted by molar-refractivity contribution is 5.51. The number of likely N-dealkylation sites (N-methyl/N-ethyl adjacent to an activating group) is 1. The molecule has 0 aliphatic rings. The monoisotopic (exact) mass is 222 g/mol. The number of ether oxygens (including phenoxy) is 1. The molecule has 0 saturated carbocycles. The number of para-hydroxylation sites is 2. The summed E-state index contributed by atoms with van der Waals surface area (Å²) in [6.45, 7) is 9.21. The molecule has 0 fully saturated rings. The van der Waals surface area contributed by atoms with Gasteiger partial charge in [-0.25, -0.2) is 0 Å². The van der Waals surface area contributed by atoms with Crippen LogP contribution in [0.1, 0.15) is 20.8 Å². The Hall–Kier alpha value is -1.22. The zero-order valence-corrected chi connectivity index (χ0v) is 10.4. The maximum Gasteiger partial charge on any atom is 0.142 e. The van der Waals surface area contributed by atoms with Gasteiger partial charge in [-0.2, -0.15) is 0 Å². The van der Waals surface area contributed by atoms with E-state index in [9.17, 15) is 0 Å². The lowest BCUT2D eigenvalue weighted by molar-refractivity contribution is 0.184. The molecule has 16 heavy (non-hydrogen) atoms. The predicted molar refractivity (Wildman–Crippen MR) is 68.7 cm³/mol. The minimum atomic E-state index is 0.557. The third-order valence-corrected chi connectivity index (χ3v) is 2.69. The van der Waals surface area contributed by atoms with E-state index in [0.717, 1.165) is 18.8 Å². The molecule has 3 nitrogen and oxygen atoms in total. The number of nitrogens with two attached hydrogens (primary N) is 1. The van der Waals surface area contributed by atoms with Crippen molar-refractivity contribution in [2.45, 2.75) is 26.8 Å². The molecule has 0 unspecified atom stereocenters. The summed E-state index contributed by atoms with van der Waals surface area (Å²) in [6.07, 6.45) is 0. The van der Waals surface area contributed by atoms with Crippen molar-refractivity contribution in [2.75, 3.05) is 25.4 Å². The van der Waals surface area contributed by atoms with Crippen LogP contribution in [0.15, 0.2) is 24.3 Å². The normalized spacial score (nSPS) is 11.1. The van der Waals surface area contributed by atoms with E-state index in [1.165, 1.54) is 0 Å². The fourth-order valence-electron chi connectivity index (χ4n) is 1.67. The maximum absolute atomic E-state index is 5.79. The molecule has 0 aliphatic heterocycles. The van der Waals surface area contributed by atoms with Crippen LogP contribution in [0.3, 0.4) is 0 Å². The van der Waals surface area contributed by atoms with Crippen molar-refractivity contribution in [3.63, 3.8) is 0 Å². The molecule has 0 aliphatic carbocycles. The number of hydrogen-bond donors (Lipinski definition) is 1. The topological polar surface area (TPSA) is 38.5 Å². The van der Waals surface area contributed by atoms with Crippen molar-refractivity contribution in [3.8, 4) is 5.75 Å². The first kappa shape index (κ1) is 12.8. The molecule has 0 amide bonds. The summed E-state index contributed by atoms with van der Waals surface area (Å²) in [5, 5.41) is 0. The zero-order valence-electron chi connectivity index (χ0n) is 10.4. The van der Waals surface area contributed by atoms with Crippen molar-refractivity contribution in [1.29, 1.82) is 0 Å². The molecule has 2 N–H and O–H groups in total. The lowest BCUT2D eigenvalue weighted by Crippen LogP contribution is -2.34. The summed E-state index contributed by atoms with van der Waals surface area (Å²) >= 11 is 0. The van der Waals surface area contributed by atoms with Gasteiger partial charge < -0.3 is 10.5 Å². The van der Waals surface area contributed by atoms with Gasteiger partial charge >= 0.3 is 0 Å². The van der Waals surface area contributed by atoms with Gasteiger partial charge in [0.05, 0.1) is 5.69 Å². The quantitative estimate of drug-likeness (QED) is 0.751. The first-order valence-electron chi connectivity index (χ1n) is 5.86. The van der Waals surface area contributed by atoms with Crippen molar-refractivity contribution in [2.24, 2.45) is 0 Å². The first-order chi connectivity index (χ1) is 7.65. The van der Waals surface area contributed by atoms with Crippen LogP contribution in [0.4, 0.5) is 5.69 Å². The Morgan fingerprint density at radius 1 is 1.31 bits per heavy atom. The Labute approximate surface area is 98.2 Å².